The largest absolute Gasteiger partial charge is 0.336 e. The van der Waals surface area contributed by atoms with Gasteiger partial charge in [0, 0.05) is 28.3 Å². The number of carbonyl (C=O) groups excluding carboxylic acids is 1. The number of anilines is 2. The summed E-state index contributed by atoms with van der Waals surface area (Å²) >= 11 is 2.11. The number of hydrogen-bond acceptors (Lipinski definition) is 5. The molecule has 30 heavy (non-hydrogen) atoms. The highest BCUT2D eigenvalue weighted by molar-refractivity contribution is 14.1. The standard InChI is InChI=1S/C21H13F2IN4O2/c1-12(29)28(18-5-3-2-4-16(18)24)21-19(17-8-9-25-11-26-17)20(27-30-21)14-7-6-13(22)10-15(14)23/h2-11H,1H3. The highest BCUT2D eigenvalue weighted by atomic mass is 127. The SMILES string of the molecule is CC(=O)N(c1ccccc1I)c1onc(-c2ccc(F)cc2F)c1-c1ccncn1. The van der Waals surface area contributed by atoms with Gasteiger partial charge in [0.15, 0.2) is 0 Å². The molecule has 2 heterocycles. The maximum absolute atomic E-state index is 14.6. The van der Waals surface area contributed by atoms with Gasteiger partial charge in [0.25, 0.3) is 0 Å². The molecule has 0 unspecified atom stereocenters. The van der Waals surface area contributed by atoms with Gasteiger partial charge in [-0.25, -0.2) is 23.6 Å². The van der Waals surface area contributed by atoms with E-state index in [1.807, 2.05) is 12.1 Å². The summed E-state index contributed by atoms with van der Waals surface area (Å²) in [5, 5.41) is 4.02. The van der Waals surface area contributed by atoms with Crippen LogP contribution in [0.15, 0.2) is 65.6 Å². The maximum atomic E-state index is 14.6. The van der Waals surface area contributed by atoms with Gasteiger partial charge in [0.2, 0.25) is 11.8 Å². The molecule has 0 N–H and O–H groups in total. The molecular weight excluding hydrogens is 505 g/mol. The van der Waals surface area contributed by atoms with Gasteiger partial charge in [-0.1, -0.05) is 17.3 Å². The van der Waals surface area contributed by atoms with Crippen LogP contribution in [-0.2, 0) is 4.79 Å². The molecule has 9 heteroatoms. The zero-order valence-electron chi connectivity index (χ0n) is 15.5. The summed E-state index contributed by atoms with van der Waals surface area (Å²) in [6.45, 7) is 1.38. The summed E-state index contributed by atoms with van der Waals surface area (Å²) in [7, 11) is 0. The normalized spacial score (nSPS) is 10.8. The van der Waals surface area contributed by atoms with E-state index in [4.69, 9.17) is 4.52 Å². The van der Waals surface area contributed by atoms with Crippen molar-refractivity contribution in [3.05, 3.63) is 76.3 Å². The van der Waals surface area contributed by atoms with E-state index in [1.165, 1.54) is 30.4 Å². The second-order valence-corrected chi connectivity index (χ2v) is 7.40. The lowest BCUT2D eigenvalue weighted by Gasteiger charge is -2.20. The van der Waals surface area contributed by atoms with Crippen LogP contribution in [0.5, 0.6) is 0 Å². The second kappa shape index (κ2) is 8.27. The van der Waals surface area contributed by atoms with Crippen molar-refractivity contribution in [3.63, 3.8) is 0 Å². The fraction of sp³-hybridized carbons (Fsp3) is 0.0476. The zero-order valence-corrected chi connectivity index (χ0v) is 17.7. The smallest absolute Gasteiger partial charge is 0.248 e. The number of amides is 1. The van der Waals surface area contributed by atoms with Gasteiger partial charge in [-0.2, -0.15) is 0 Å². The third-order valence-corrected chi connectivity index (χ3v) is 5.22. The molecule has 0 saturated carbocycles. The minimum absolute atomic E-state index is 0.0197. The Morgan fingerprint density at radius 3 is 2.60 bits per heavy atom. The van der Waals surface area contributed by atoms with E-state index in [0.717, 1.165) is 15.7 Å². The van der Waals surface area contributed by atoms with Crippen LogP contribution in [0.3, 0.4) is 0 Å². The number of hydrogen-bond donors (Lipinski definition) is 0. The lowest BCUT2D eigenvalue weighted by molar-refractivity contribution is -0.116. The van der Waals surface area contributed by atoms with Crippen molar-refractivity contribution in [3.8, 4) is 22.5 Å². The number of aromatic nitrogens is 3. The van der Waals surface area contributed by atoms with Crippen LogP contribution >= 0.6 is 22.6 Å². The van der Waals surface area contributed by atoms with Crippen LogP contribution in [0.25, 0.3) is 22.5 Å². The fourth-order valence-electron chi connectivity index (χ4n) is 3.02. The summed E-state index contributed by atoms with van der Waals surface area (Å²) in [6, 6.07) is 12.0. The minimum Gasteiger partial charge on any atom is -0.336 e. The Bertz CT molecular complexity index is 1230. The number of carbonyl (C=O) groups is 1. The first-order valence-corrected chi connectivity index (χ1v) is 9.82. The summed E-state index contributed by atoms with van der Waals surface area (Å²) < 4.78 is 34.3. The van der Waals surface area contributed by atoms with Crippen molar-refractivity contribution in [1.29, 1.82) is 0 Å². The van der Waals surface area contributed by atoms with Crippen LogP contribution < -0.4 is 4.90 Å². The predicted molar refractivity (Wildman–Crippen MR) is 115 cm³/mol. The minimum atomic E-state index is -0.811. The van der Waals surface area contributed by atoms with Crippen LogP contribution in [0.1, 0.15) is 6.92 Å². The molecule has 4 aromatic rings. The highest BCUT2D eigenvalue weighted by Gasteiger charge is 2.30. The number of benzene rings is 2. The molecule has 2 aromatic carbocycles. The first-order valence-electron chi connectivity index (χ1n) is 8.74. The average molecular weight is 518 g/mol. The Hall–Kier alpha value is -3.21. The molecule has 0 bridgehead atoms. The van der Waals surface area contributed by atoms with Gasteiger partial charge in [0.1, 0.15) is 23.7 Å². The Labute approximate surface area is 183 Å². The van der Waals surface area contributed by atoms with Gasteiger partial charge in [-0.15, -0.1) is 0 Å². The number of nitrogens with zero attached hydrogens (tertiary/aromatic N) is 4. The van der Waals surface area contributed by atoms with Crippen LogP contribution in [-0.4, -0.2) is 21.0 Å². The summed E-state index contributed by atoms with van der Waals surface area (Å²) in [4.78, 5) is 22.1. The van der Waals surface area contributed by atoms with Gasteiger partial charge in [0.05, 0.1) is 16.9 Å². The van der Waals surface area contributed by atoms with E-state index in [0.29, 0.717) is 11.4 Å². The van der Waals surface area contributed by atoms with Crippen molar-refractivity contribution < 1.29 is 18.1 Å². The van der Waals surface area contributed by atoms with Gasteiger partial charge in [-0.3, -0.25) is 4.79 Å². The molecule has 4 rings (SSSR count). The average Bonchev–Trinajstić information content (AvgIpc) is 3.14. The molecule has 6 nitrogen and oxygen atoms in total. The van der Waals surface area contributed by atoms with Gasteiger partial charge >= 0.3 is 0 Å². The maximum Gasteiger partial charge on any atom is 0.248 e. The van der Waals surface area contributed by atoms with Crippen molar-refractivity contribution in [1.82, 2.24) is 15.1 Å². The van der Waals surface area contributed by atoms with E-state index in [-0.39, 0.29) is 28.6 Å². The molecule has 0 aliphatic heterocycles. The molecule has 0 fully saturated rings. The van der Waals surface area contributed by atoms with E-state index in [9.17, 15) is 13.6 Å². The summed E-state index contributed by atoms with van der Waals surface area (Å²) in [6.07, 6.45) is 2.83. The van der Waals surface area contributed by atoms with Gasteiger partial charge < -0.3 is 4.52 Å². The lowest BCUT2D eigenvalue weighted by atomic mass is 10.0. The third kappa shape index (κ3) is 3.67. The molecule has 0 radical (unpaired) electrons. The van der Waals surface area contributed by atoms with Crippen LogP contribution in [0.2, 0.25) is 0 Å². The summed E-state index contributed by atoms with van der Waals surface area (Å²) in [5.41, 5.74) is 1.35. The Morgan fingerprint density at radius 2 is 1.93 bits per heavy atom. The molecule has 0 saturated heterocycles. The van der Waals surface area contributed by atoms with Crippen molar-refractivity contribution in [2.24, 2.45) is 0 Å². The van der Waals surface area contributed by atoms with Crippen molar-refractivity contribution in [2.45, 2.75) is 6.92 Å². The monoisotopic (exact) mass is 518 g/mol. The fourth-order valence-corrected chi connectivity index (χ4v) is 3.65. The van der Waals surface area contributed by atoms with Crippen LogP contribution in [0.4, 0.5) is 20.4 Å². The van der Waals surface area contributed by atoms with Crippen LogP contribution in [0, 0.1) is 15.2 Å². The highest BCUT2D eigenvalue weighted by Crippen LogP contribution is 2.42. The Morgan fingerprint density at radius 1 is 1.13 bits per heavy atom. The second-order valence-electron chi connectivity index (χ2n) is 6.24. The molecule has 150 valence electrons. The topological polar surface area (TPSA) is 72.1 Å². The van der Waals surface area contributed by atoms with Crippen molar-refractivity contribution in [2.75, 3.05) is 4.90 Å². The van der Waals surface area contributed by atoms with Gasteiger partial charge in [-0.05, 0) is 52.9 Å². The van der Waals surface area contributed by atoms with E-state index >= 15 is 0 Å². The molecule has 0 aliphatic carbocycles. The van der Waals surface area contributed by atoms with E-state index in [2.05, 4.69) is 37.7 Å². The quantitative estimate of drug-likeness (QED) is 0.340. The first-order chi connectivity index (χ1) is 14.5. The number of halogens is 3. The predicted octanol–water partition coefficient (Wildman–Crippen LogP) is 5.37. The summed E-state index contributed by atoms with van der Waals surface area (Å²) in [5.74, 6) is -1.79. The molecule has 0 spiro atoms. The molecular formula is C21H13F2IN4O2. The third-order valence-electron chi connectivity index (χ3n) is 4.31. The molecule has 2 aromatic heterocycles. The Balaban J connectivity index is 2.00. The zero-order chi connectivity index (χ0) is 21.3. The molecule has 0 atom stereocenters. The Kier molecular flexibility index (Phi) is 5.53. The van der Waals surface area contributed by atoms with E-state index < -0.39 is 11.6 Å². The van der Waals surface area contributed by atoms with Crippen molar-refractivity contribution >= 4 is 40.1 Å². The molecule has 1 amide bonds. The lowest BCUT2D eigenvalue weighted by Crippen LogP contribution is -2.23. The first kappa shape index (κ1) is 20.1. The van der Waals surface area contributed by atoms with E-state index in [1.54, 1.807) is 18.2 Å². The number of para-hydroxylation sites is 1. The number of rotatable bonds is 4. The molecule has 0 aliphatic rings.